The van der Waals surface area contributed by atoms with Gasteiger partial charge in [-0.05, 0) is 47.4 Å². The van der Waals surface area contributed by atoms with E-state index in [-0.39, 0.29) is 30.8 Å². The van der Waals surface area contributed by atoms with E-state index < -0.39 is 23.6 Å². The quantitative estimate of drug-likeness (QED) is 0.604. The Bertz CT molecular complexity index is 1050. The fourth-order valence-electron chi connectivity index (χ4n) is 5.01. The molecule has 7 heteroatoms. The van der Waals surface area contributed by atoms with Gasteiger partial charge in [0.1, 0.15) is 12.1 Å². The summed E-state index contributed by atoms with van der Waals surface area (Å²) in [4.78, 5) is 38.7. The molecule has 2 aromatic carbocycles. The molecule has 180 valence electrons. The molecule has 2 N–H and O–H groups in total. The van der Waals surface area contributed by atoms with E-state index in [9.17, 15) is 19.5 Å². The third kappa shape index (κ3) is 4.27. The van der Waals surface area contributed by atoms with Gasteiger partial charge in [-0.3, -0.25) is 4.79 Å². The van der Waals surface area contributed by atoms with Crippen molar-refractivity contribution in [3.8, 4) is 11.1 Å². The highest BCUT2D eigenvalue weighted by atomic mass is 16.5. The number of nitrogens with zero attached hydrogens (tertiary/aromatic N) is 1. The van der Waals surface area contributed by atoms with Crippen LogP contribution in [0.1, 0.15) is 56.6 Å². The predicted octanol–water partition coefficient (Wildman–Crippen LogP) is 4.41. The number of fused-ring (bicyclic) bond motifs is 3. The van der Waals surface area contributed by atoms with Gasteiger partial charge in [0.25, 0.3) is 0 Å². The fourth-order valence-corrected chi connectivity index (χ4v) is 5.01. The maximum Gasteiger partial charge on any atom is 0.407 e. The molecule has 2 amide bonds. The summed E-state index contributed by atoms with van der Waals surface area (Å²) in [5.41, 5.74) is 3.46. The highest BCUT2D eigenvalue weighted by molar-refractivity contribution is 5.88. The van der Waals surface area contributed by atoms with E-state index in [1.54, 1.807) is 7.05 Å². The Labute approximate surface area is 200 Å². The molecule has 0 saturated heterocycles. The second-order valence-electron chi connectivity index (χ2n) is 9.67. The zero-order chi connectivity index (χ0) is 24.5. The third-order valence-corrected chi connectivity index (χ3v) is 7.44. The van der Waals surface area contributed by atoms with Crippen LogP contribution in [0, 0.1) is 5.92 Å². The molecule has 2 aliphatic rings. The van der Waals surface area contributed by atoms with Crippen molar-refractivity contribution in [1.82, 2.24) is 10.2 Å². The standard InChI is InChI=1S/C27H32N2O5/c1-17(2)23(15-24(30)29(3)27(25(31)32)13-8-14-27)28-26(33)34-16-22-20-11-6-4-9-18(20)19-10-5-7-12-21(19)22/h4-7,9-12,17,22-23H,8,13-16H2,1-3H3,(H,28,33)(H,31,32)/t23-/m1/s1. The van der Waals surface area contributed by atoms with Crippen LogP contribution in [0.5, 0.6) is 0 Å². The van der Waals surface area contributed by atoms with Crippen LogP contribution in [0.15, 0.2) is 48.5 Å². The average Bonchev–Trinajstić information content (AvgIpc) is 3.09. The zero-order valence-electron chi connectivity index (χ0n) is 19.9. The number of alkyl carbamates (subject to hydrolysis) is 1. The summed E-state index contributed by atoms with van der Waals surface area (Å²) in [5.74, 6) is -1.34. The van der Waals surface area contributed by atoms with Gasteiger partial charge in [0.2, 0.25) is 5.91 Å². The van der Waals surface area contributed by atoms with Crippen molar-refractivity contribution in [3.63, 3.8) is 0 Å². The molecular formula is C27H32N2O5. The Hall–Kier alpha value is -3.35. The Kier molecular flexibility index (Phi) is 6.64. The van der Waals surface area contributed by atoms with Crippen molar-refractivity contribution < 1.29 is 24.2 Å². The van der Waals surface area contributed by atoms with Crippen LogP contribution < -0.4 is 5.32 Å². The van der Waals surface area contributed by atoms with Gasteiger partial charge in [-0.15, -0.1) is 0 Å². The van der Waals surface area contributed by atoms with Gasteiger partial charge < -0.3 is 20.1 Å². The lowest BCUT2D eigenvalue weighted by Crippen LogP contribution is -2.60. The summed E-state index contributed by atoms with van der Waals surface area (Å²) in [6.07, 6.45) is 1.14. The van der Waals surface area contributed by atoms with Gasteiger partial charge in [0, 0.05) is 25.4 Å². The number of carbonyl (C=O) groups excluding carboxylic acids is 2. The Morgan fingerprint density at radius 3 is 2.09 bits per heavy atom. The lowest BCUT2D eigenvalue weighted by molar-refractivity contribution is -0.164. The third-order valence-electron chi connectivity index (χ3n) is 7.44. The van der Waals surface area contributed by atoms with Gasteiger partial charge in [0.05, 0.1) is 0 Å². The number of amides is 2. The maximum atomic E-state index is 12.9. The van der Waals surface area contributed by atoms with Crippen molar-refractivity contribution in [3.05, 3.63) is 59.7 Å². The molecule has 0 aliphatic heterocycles. The Morgan fingerprint density at radius 1 is 1.06 bits per heavy atom. The topological polar surface area (TPSA) is 95.9 Å². The minimum atomic E-state index is -1.12. The van der Waals surface area contributed by atoms with Crippen LogP contribution >= 0.6 is 0 Å². The largest absolute Gasteiger partial charge is 0.479 e. The number of likely N-dealkylation sites (N-methyl/N-ethyl adjacent to an activating group) is 1. The number of carboxylic acid groups (broad SMARTS) is 1. The molecule has 7 nitrogen and oxygen atoms in total. The van der Waals surface area contributed by atoms with E-state index in [4.69, 9.17) is 4.74 Å². The molecule has 4 rings (SSSR count). The van der Waals surface area contributed by atoms with Crippen LogP contribution in [-0.2, 0) is 14.3 Å². The molecule has 34 heavy (non-hydrogen) atoms. The average molecular weight is 465 g/mol. The van der Waals surface area contributed by atoms with E-state index in [1.165, 1.54) is 4.90 Å². The molecule has 2 aliphatic carbocycles. The molecule has 0 spiro atoms. The number of ether oxygens (including phenoxy) is 1. The second kappa shape index (κ2) is 9.49. The monoisotopic (exact) mass is 464 g/mol. The van der Waals surface area contributed by atoms with Crippen LogP contribution in [0.4, 0.5) is 4.79 Å². The SMILES string of the molecule is CC(C)[C@@H](CC(=O)N(C)C1(C(=O)O)CCC1)NC(=O)OCC1c2ccccc2-c2ccccc21. The van der Waals surface area contributed by atoms with E-state index in [0.29, 0.717) is 12.8 Å². The molecule has 0 unspecified atom stereocenters. The summed E-state index contributed by atoms with van der Waals surface area (Å²) < 4.78 is 5.63. The Morgan fingerprint density at radius 2 is 1.62 bits per heavy atom. The molecule has 0 radical (unpaired) electrons. The number of hydrogen-bond acceptors (Lipinski definition) is 4. The number of rotatable bonds is 8. The second-order valence-corrected chi connectivity index (χ2v) is 9.67. The molecule has 1 fully saturated rings. The number of nitrogens with one attached hydrogen (secondary N) is 1. The van der Waals surface area contributed by atoms with Gasteiger partial charge in [-0.25, -0.2) is 9.59 Å². The molecular weight excluding hydrogens is 432 g/mol. The number of carbonyl (C=O) groups is 3. The molecule has 0 aromatic heterocycles. The zero-order valence-corrected chi connectivity index (χ0v) is 19.9. The van der Waals surface area contributed by atoms with Gasteiger partial charge >= 0.3 is 12.1 Å². The fraction of sp³-hybridized carbons (Fsp3) is 0.444. The first-order valence-electron chi connectivity index (χ1n) is 11.9. The summed E-state index contributed by atoms with van der Waals surface area (Å²) in [5, 5.41) is 12.5. The molecule has 1 atom stereocenters. The van der Waals surface area contributed by atoms with Crippen LogP contribution in [-0.4, -0.2) is 53.2 Å². The van der Waals surface area contributed by atoms with Gasteiger partial charge in [-0.1, -0.05) is 62.4 Å². The highest BCUT2D eigenvalue weighted by Crippen LogP contribution is 2.44. The van der Waals surface area contributed by atoms with Crippen LogP contribution in [0.25, 0.3) is 11.1 Å². The summed E-state index contributed by atoms with van der Waals surface area (Å²) in [7, 11) is 1.54. The smallest absolute Gasteiger partial charge is 0.407 e. The minimum Gasteiger partial charge on any atom is -0.479 e. The van der Waals surface area contributed by atoms with E-state index >= 15 is 0 Å². The van der Waals surface area contributed by atoms with E-state index in [0.717, 1.165) is 28.7 Å². The first-order valence-corrected chi connectivity index (χ1v) is 11.9. The number of carboxylic acids is 1. The minimum absolute atomic E-state index is 0.0212. The lowest BCUT2D eigenvalue weighted by Gasteiger charge is -2.45. The van der Waals surface area contributed by atoms with Crippen molar-refractivity contribution in [2.75, 3.05) is 13.7 Å². The van der Waals surface area contributed by atoms with E-state index in [2.05, 4.69) is 29.6 Å². The number of benzene rings is 2. The normalized spacial score (nSPS) is 16.7. The summed E-state index contributed by atoms with van der Waals surface area (Å²) in [6, 6.07) is 15.8. The van der Waals surface area contributed by atoms with Crippen molar-refractivity contribution in [2.24, 2.45) is 5.92 Å². The van der Waals surface area contributed by atoms with Crippen molar-refractivity contribution in [2.45, 2.75) is 57.0 Å². The first kappa shape index (κ1) is 23.8. The van der Waals surface area contributed by atoms with Crippen molar-refractivity contribution >= 4 is 18.0 Å². The first-order chi connectivity index (χ1) is 16.2. The van der Waals surface area contributed by atoms with Crippen molar-refractivity contribution in [1.29, 1.82) is 0 Å². The van der Waals surface area contributed by atoms with Crippen LogP contribution in [0.2, 0.25) is 0 Å². The molecule has 0 bridgehead atoms. The summed E-state index contributed by atoms with van der Waals surface area (Å²) in [6.45, 7) is 4.02. The molecule has 1 saturated carbocycles. The predicted molar refractivity (Wildman–Crippen MR) is 128 cm³/mol. The highest BCUT2D eigenvalue weighted by Gasteiger charge is 2.50. The summed E-state index contributed by atoms with van der Waals surface area (Å²) >= 11 is 0. The Balaban J connectivity index is 1.39. The molecule has 0 heterocycles. The lowest BCUT2D eigenvalue weighted by atomic mass is 9.75. The molecule has 2 aromatic rings. The maximum absolute atomic E-state index is 12.9. The van der Waals surface area contributed by atoms with Gasteiger partial charge in [-0.2, -0.15) is 0 Å². The van der Waals surface area contributed by atoms with Crippen LogP contribution in [0.3, 0.4) is 0 Å². The number of aliphatic carboxylic acids is 1. The van der Waals surface area contributed by atoms with Gasteiger partial charge in [0.15, 0.2) is 0 Å². The van der Waals surface area contributed by atoms with E-state index in [1.807, 2.05) is 38.1 Å². The number of hydrogen-bond donors (Lipinski definition) is 2.